The highest BCUT2D eigenvalue weighted by Crippen LogP contribution is 2.68. The number of fused-ring (bicyclic) bond motifs is 5. The molecule has 2 aliphatic carbocycles. The minimum Gasteiger partial charge on any atom is -0.226 e. The molecule has 1 fully saturated rings. The molecule has 0 N–H and O–H groups in total. The zero-order valence-electron chi connectivity index (χ0n) is 13.6. The molecular formula is C18H23N3S. The lowest BCUT2D eigenvalue weighted by Gasteiger charge is -2.15. The maximum Gasteiger partial charge on any atom is 0.145 e. The van der Waals surface area contributed by atoms with Crippen LogP contribution >= 0.6 is 11.8 Å². The van der Waals surface area contributed by atoms with Crippen molar-refractivity contribution in [2.24, 2.45) is 16.4 Å². The van der Waals surface area contributed by atoms with Crippen LogP contribution in [0.15, 0.2) is 5.10 Å². The van der Waals surface area contributed by atoms with Crippen molar-refractivity contribution in [1.29, 1.82) is 5.26 Å². The number of hydrogen-bond acceptors (Lipinski definition) is 3. The second-order valence-electron chi connectivity index (χ2n) is 7.45. The van der Waals surface area contributed by atoms with Gasteiger partial charge in [0.25, 0.3) is 0 Å². The summed E-state index contributed by atoms with van der Waals surface area (Å²) in [5.74, 6) is 1.12. The Morgan fingerprint density at radius 3 is 2.45 bits per heavy atom. The highest BCUT2D eigenvalue weighted by Gasteiger charge is 2.64. The van der Waals surface area contributed by atoms with E-state index < -0.39 is 0 Å². The van der Waals surface area contributed by atoms with Crippen LogP contribution in [0.4, 0.5) is 0 Å². The molecule has 3 nitrogen and oxygen atoms in total. The molecule has 0 amide bonds. The first-order valence-electron chi connectivity index (χ1n) is 8.40. The van der Waals surface area contributed by atoms with Gasteiger partial charge in [0, 0.05) is 11.8 Å². The van der Waals surface area contributed by atoms with Crippen molar-refractivity contribution < 1.29 is 0 Å². The number of hydrogen-bond donors (Lipinski definition) is 0. The van der Waals surface area contributed by atoms with Crippen molar-refractivity contribution in [3.63, 3.8) is 0 Å². The van der Waals surface area contributed by atoms with Gasteiger partial charge in [0.1, 0.15) is 11.8 Å². The third-order valence-electron chi connectivity index (χ3n) is 5.90. The van der Waals surface area contributed by atoms with Gasteiger partial charge in [-0.3, -0.25) is 0 Å². The molecule has 0 spiro atoms. The van der Waals surface area contributed by atoms with Gasteiger partial charge in [-0.05, 0) is 48.5 Å². The van der Waals surface area contributed by atoms with Crippen LogP contribution in [0.2, 0.25) is 0 Å². The number of thioether (sulfide) groups is 1. The van der Waals surface area contributed by atoms with E-state index in [1.807, 2.05) is 4.68 Å². The number of nitriles is 1. The van der Waals surface area contributed by atoms with E-state index in [0.29, 0.717) is 11.8 Å². The fourth-order valence-corrected chi connectivity index (χ4v) is 5.51. The lowest BCUT2D eigenvalue weighted by atomic mass is 9.92. The molecular weight excluding hydrogens is 290 g/mol. The van der Waals surface area contributed by atoms with Gasteiger partial charge in [-0.15, -0.1) is 11.8 Å². The molecule has 4 rings (SSSR count). The quantitative estimate of drug-likeness (QED) is 0.716. The van der Waals surface area contributed by atoms with E-state index >= 15 is 0 Å². The fraction of sp³-hybridized carbons (Fsp3) is 0.667. The fourth-order valence-electron chi connectivity index (χ4n) is 4.65. The SMILES string of the molecule is CSC1=Nn2c(C#N)c3c(c2[C@H]2[C@@H]1C2(C)C)CCCCCC3. The Kier molecular flexibility index (Phi) is 3.20. The molecule has 1 aromatic rings. The van der Waals surface area contributed by atoms with Gasteiger partial charge in [0.05, 0.1) is 10.7 Å². The molecule has 116 valence electrons. The summed E-state index contributed by atoms with van der Waals surface area (Å²) < 4.78 is 2.03. The molecule has 22 heavy (non-hydrogen) atoms. The molecule has 3 aliphatic rings. The van der Waals surface area contributed by atoms with E-state index in [4.69, 9.17) is 5.10 Å². The van der Waals surface area contributed by atoms with Gasteiger partial charge in [-0.2, -0.15) is 10.4 Å². The Labute approximate surface area is 136 Å². The van der Waals surface area contributed by atoms with Crippen LogP contribution in [0.5, 0.6) is 0 Å². The average molecular weight is 313 g/mol. The first-order valence-corrected chi connectivity index (χ1v) is 9.63. The molecule has 2 atom stereocenters. The maximum absolute atomic E-state index is 9.74. The highest BCUT2D eigenvalue weighted by molar-refractivity contribution is 8.13. The maximum atomic E-state index is 9.74. The normalized spacial score (nSPS) is 28.4. The van der Waals surface area contributed by atoms with E-state index in [9.17, 15) is 5.26 Å². The smallest absolute Gasteiger partial charge is 0.145 e. The van der Waals surface area contributed by atoms with Crippen molar-refractivity contribution in [1.82, 2.24) is 4.68 Å². The third kappa shape index (κ3) is 1.78. The van der Waals surface area contributed by atoms with Crippen molar-refractivity contribution in [2.45, 2.75) is 58.3 Å². The highest BCUT2D eigenvalue weighted by atomic mass is 32.2. The first-order chi connectivity index (χ1) is 10.6. The zero-order chi connectivity index (χ0) is 15.5. The Bertz CT molecular complexity index is 705. The van der Waals surface area contributed by atoms with Crippen molar-refractivity contribution in [3.05, 3.63) is 22.5 Å². The molecule has 0 radical (unpaired) electrons. The molecule has 4 heteroatoms. The van der Waals surface area contributed by atoms with Crippen LogP contribution in [0.25, 0.3) is 0 Å². The van der Waals surface area contributed by atoms with Crippen LogP contribution in [0, 0.1) is 22.7 Å². The number of rotatable bonds is 0. The third-order valence-corrected chi connectivity index (χ3v) is 6.66. The Morgan fingerprint density at radius 2 is 1.82 bits per heavy atom. The van der Waals surface area contributed by atoms with Crippen molar-refractivity contribution in [3.8, 4) is 6.07 Å². The van der Waals surface area contributed by atoms with Crippen LogP contribution in [0.3, 0.4) is 0 Å². The summed E-state index contributed by atoms with van der Waals surface area (Å²) in [6.07, 6.45) is 9.38. The molecule has 1 aromatic heterocycles. The van der Waals surface area contributed by atoms with Crippen LogP contribution in [0.1, 0.15) is 68.0 Å². The van der Waals surface area contributed by atoms with E-state index in [1.54, 1.807) is 11.8 Å². The van der Waals surface area contributed by atoms with Crippen LogP contribution in [-0.4, -0.2) is 16.0 Å². The summed E-state index contributed by atoms with van der Waals surface area (Å²) in [6.45, 7) is 4.72. The number of nitrogens with zero attached hydrogens (tertiary/aromatic N) is 3. The molecule has 0 aromatic carbocycles. The summed E-state index contributed by atoms with van der Waals surface area (Å²) in [5, 5.41) is 15.8. The lowest BCUT2D eigenvalue weighted by molar-refractivity contribution is 0.590. The molecule has 0 unspecified atom stereocenters. The summed E-state index contributed by atoms with van der Waals surface area (Å²) in [6, 6.07) is 2.47. The standard InChI is InChI=1S/C18H23N3S/c1-18(2)14-15(18)17(22-3)20-21-13(10-19)11-8-6-4-5-7-9-12(11)16(14)21/h14-15H,4-9H2,1-3H3/t14-,15+/m1/s1. The van der Waals surface area contributed by atoms with E-state index in [1.165, 1.54) is 47.5 Å². The predicted molar refractivity (Wildman–Crippen MR) is 91.4 cm³/mol. The summed E-state index contributed by atoms with van der Waals surface area (Å²) in [7, 11) is 0. The topological polar surface area (TPSA) is 41.1 Å². The lowest BCUT2D eigenvalue weighted by Crippen LogP contribution is -2.12. The van der Waals surface area contributed by atoms with Crippen molar-refractivity contribution in [2.75, 3.05) is 6.26 Å². The second-order valence-corrected chi connectivity index (χ2v) is 8.27. The monoisotopic (exact) mass is 313 g/mol. The largest absolute Gasteiger partial charge is 0.226 e. The zero-order valence-corrected chi connectivity index (χ0v) is 14.5. The summed E-state index contributed by atoms with van der Waals surface area (Å²) in [5.41, 5.74) is 5.27. The molecule has 0 bridgehead atoms. The average Bonchev–Trinajstić information content (AvgIpc) is 2.93. The summed E-state index contributed by atoms with van der Waals surface area (Å²) in [4.78, 5) is 0. The van der Waals surface area contributed by atoms with Crippen LogP contribution < -0.4 is 0 Å². The Hall–Kier alpha value is -1.21. The van der Waals surface area contributed by atoms with E-state index in [-0.39, 0.29) is 5.41 Å². The van der Waals surface area contributed by atoms with Gasteiger partial charge < -0.3 is 0 Å². The predicted octanol–water partition coefficient (Wildman–Crippen LogP) is 4.30. The van der Waals surface area contributed by atoms with Gasteiger partial charge in [0.2, 0.25) is 0 Å². The minimum absolute atomic E-state index is 0.289. The first kappa shape index (κ1) is 14.4. The molecule has 1 saturated carbocycles. The Morgan fingerprint density at radius 1 is 1.14 bits per heavy atom. The minimum atomic E-state index is 0.289. The molecule has 1 aliphatic heterocycles. The van der Waals surface area contributed by atoms with E-state index in [2.05, 4.69) is 26.2 Å². The number of aromatic nitrogens is 1. The van der Waals surface area contributed by atoms with Crippen molar-refractivity contribution >= 4 is 16.8 Å². The molecule has 2 heterocycles. The van der Waals surface area contributed by atoms with E-state index in [0.717, 1.165) is 18.5 Å². The van der Waals surface area contributed by atoms with Gasteiger partial charge in [-0.1, -0.05) is 26.7 Å². The van der Waals surface area contributed by atoms with Gasteiger partial charge in [0.15, 0.2) is 0 Å². The second kappa shape index (κ2) is 4.89. The summed E-state index contributed by atoms with van der Waals surface area (Å²) >= 11 is 1.75. The van der Waals surface area contributed by atoms with Crippen LogP contribution in [-0.2, 0) is 12.8 Å². The Balaban J connectivity index is 1.95. The molecule has 0 saturated heterocycles. The van der Waals surface area contributed by atoms with Gasteiger partial charge >= 0.3 is 0 Å². The van der Waals surface area contributed by atoms with Gasteiger partial charge in [-0.25, -0.2) is 4.68 Å².